The molecule has 0 amide bonds. The summed E-state index contributed by atoms with van der Waals surface area (Å²) in [6.07, 6.45) is 0.856. The quantitative estimate of drug-likeness (QED) is 0.836. The van der Waals surface area contributed by atoms with E-state index in [2.05, 4.69) is 17.1 Å². The Bertz CT molecular complexity index is 504. The smallest absolute Gasteiger partial charge is 0.317 e. The van der Waals surface area contributed by atoms with E-state index in [1.165, 1.54) is 5.56 Å². The summed E-state index contributed by atoms with van der Waals surface area (Å²) in [6.45, 7) is 2.07. The van der Waals surface area contributed by atoms with Gasteiger partial charge in [-0.2, -0.15) is 0 Å². The summed E-state index contributed by atoms with van der Waals surface area (Å²) >= 11 is 0. The standard InChI is InChI=1S/C13H18N4O/c1-9(8-10-4-6-11(14)7-5-10)12-15-16-13(18-12)17(2)3/h4-7,9H,8,14H2,1-3H3. The van der Waals surface area contributed by atoms with Crippen LogP contribution in [0.2, 0.25) is 0 Å². The van der Waals surface area contributed by atoms with E-state index in [9.17, 15) is 0 Å². The van der Waals surface area contributed by atoms with Crippen molar-refractivity contribution >= 4 is 11.7 Å². The number of rotatable bonds is 4. The molecule has 1 unspecified atom stereocenters. The number of nitrogens with zero attached hydrogens (tertiary/aromatic N) is 3. The molecule has 0 spiro atoms. The Balaban J connectivity index is 2.06. The van der Waals surface area contributed by atoms with Crippen LogP contribution in [0, 0.1) is 0 Å². The highest BCUT2D eigenvalue weighted by Gasteiger charge is 2.15. The summed E-state index contributed by atoms with van der Waals surface area (Å²) in [5, 5.41) is 8.05. The zero-order valence-electron chi connectivity index (χ0n) is 10.9. The van der Waals surface area contributed by atoms with E-state index < -0.39 is 0 Å². The molecule has 2 aromatic rings. The summed E-state index contributed by atoms with van der Waals surface area (Å²) in [4.78, 5) is 1.80. The average molecular weight is 246 g/mol. The molecule has 96 valence electrons. The first kappa shape index (κ1) is 12.4. The molecular formula is C13H18N4O. The van der Waals surface area contributed by atoms with Crippen LogP contribution in [0.15, 0.2) is 28.7 Å². The molecule has 2 N–H and O–H groups in total. The Kier molecular flexibility index (Phi) is 3.50. The zero-order valence-corrected chi connectivity index (χ0v) is 10.9. The first-order valence-corrected chi connectivity index (χ1v) is 5.91. The molecule has 0 bridgehead atoms. The lowest BCUT2D eigenvalue weighted by Crippen LogP contribution is -2.08. The lowest BCUT2D eigenvalue weighted by atomic mass is 10.0. The van der Waals surface area contributed by atoms with Gasteiger partial charge < -0.3 is 15.1 Å². The van der Waals surface area contributed by atoms with Crippen molar-refractivity contribution in [3.8, 4) is 0 Å². The van der Waals surface area contributed by atoms with Crippen molar-refractivity contribution in [2.24, 2.45) is 0 Å². The van der Waals surface area contributed by atoms with E-state index in [1.807, 2.05) is 38.4 Å². The van der Waals surface area contributed by atoms with Crippen molar-refractivity contribution in [2.45, 2.75) is 19.3 Å². The Morgan fingerprint density at radius 1 is 1.22 bits per heavy atom. The minimum Gasteiger partial charge on any atom is -0.408 e. The highest BCUT2D eigenvalue weighted by molar-refractivity contribution is 5.39. The second-order valence-electron chi connectivity index (χ2n) is 4.66. The van der Waals surface area contributed by atoms with Crippen LogP contribution in [0.5, 0.6) is 0 Å². The Morgan fingerprint density at radius 2 is 1.89 bits per heavy atom. The maximum Gasteiger partial charge on any atom is 0.317 e. The molecule has 1 heterocycles. The maximum atomic E-state index is 5.66. The third kappa shape index (κ3) is 2.80. The van der Waals surface area contributed by atoms with Gasteiger partial charge in [0.1, 0.15) is 0 Å². The van der Waals surface area contributed by atoms with E-state index in [4.69, 9.17) is 10.2 Å². The molecule has 0 aliphatic heterocycles. The van der Waals surface area contributed by atoms with Crippen LogP contribution in [0.1, 0.15) is 24.3 Å². The highest BCUT2D eigenvalue weighted by atomic mass is 16.4. The number of nitrogen functional groups attached to an aromatic ring is 1. The van der Waals surface area contributed by atoms with E-state index in [1.54, 1.807) is 4.90 Å². The predicted molar refractivity (Wildman–Crippen MR) is 71.6 cm³/mol. The Hall–Kier alpha value is -2.04. The van der Waals surface area contributed by atoms with Gasteiger partial charge in [-0.05, 0) is 24.1 Å². The molecule has 1 aromatic heterocycles. The second-order valence-corrected chi connectivity index (χ2v) is 4.66. The van der Waals surface area contributed by atoms with Crippen molar-refractivity contribution in [3.05, 3.63) is 35.7 Å². The summed E-state index contributed by atoms with van der Waals surface area (Å²) in [6, 6.07) is 8.39. The topological polar surface area (TPSA) is 68.2 Å². The molecular weight excluding hydrogens is 228 g/mol. The molecule has 0 fully saturated rings. The monoisotopic (exact) mass is 246 g/mol. The van der Waals surface area contributed by atoms with Gasteiger partial charge in [-0.25, -0.2) is 0 Å². The SMILES string of the molecule is CC(Cc1ccc(N)cc1)c1nnc(N(C)C)o1. The second kappa shape index (κ2) is 5.08. The molecule has 0 saturated heterocycles. The van der Waals surface area contributed by atoms with Gasteiger partial charge in [0.25, 0.3) is 0 Å². The average Bonchev–Trinajstić information content (AvgIpc) is 2.81. The van der Waals surface area contributed by atoms with E-state index in [0.29, 0.717) is 11.9 Å². The van der Waals surface area contributed by atoms with Crippen molar-refractivity contribution < 1.29 is 4.42 Å². The zero-order chi connectivity index (χ0) is 13.1. The van der Waals surface area contributed by atoms with Gasteiger partial charge in [-0.15, -0.1) is 5.10 Å². The minimum atomic E-state index is 0.190. The number of anilines is 2. The lowest BCUT2D eigenvalue weighted by molar-refractivity contribution is 0.458. The number of benzene rings is 1. The van der Waals surface area contributed by atoms with Gasteiger partial charge >= 0.3 is 6.01 Å². The minimum absolute atomic E-state index is 0.190. The predicted octanol–water partition coefficient (Wildman–Crippen LogP) is 2.06. The van der Waals surface area contributed by atoms with E-state index in [-0.39, 0.29) is 5.92 Å². The van der Waals surface area contributed by atoms with Gasteiger partial charge in [0.15, 0.2) is 0 Å². The first-order chi connectivity index (χ1) is 8.56. The van der Waals surface area contributed by atoms with Crippen molar-refractivity contribution in [2.75, 3.05) is 24.7 Å². The Morgan fingerprint density at radius 3 is 2.44 bits per heavy atom. The summed E-state index contributed by atoms with van der Waals surface area (Å²) in [5.41, 5.74) is 7.65. The third-order valence-corrected chi connectivity index (χ3v) is 2.76. The number of hydrogen-bond donors (Lipinski definition) is 1. The van der Waals surface area contributed by atoms with E-state index in [0.717, 1.165) is 12.1 Å². The largest absolute Gasteiger partial charge is 0.408 e. The van der Waals surface area contributed by atoms with Crippen LogP contribution >= 0.6 is 0 Å². The van der Waals surface area contributed by atoms with Gasteiger partial charge in [0.2, 0.25) is 5.89 Å². The number of aromatic nitrogens is 2. The van der Waals surface area contributed by atoms with Crippen molar-refractivity contribution in [1.82, 2.24) is 10.2 Å². The van der Waals surface area contributed by atoms with Crippen LogP contribution in [-0.2, 0) is 6.42 Å². The molecule has 5 nitrogen and oxygen atoms in total. The summed E-state index contributed by atoms with van der Waals surface area (Å²) < 4.78 is 5.58. The lowest BCUT2D eigenvalue weighted by Gasteiger charge is -2.08. The first-order valence-electron chi connectivity index (χ1n) is 5.91. The number of hydrogen-bond acceptors (Lipinski definition) is 5. The van der Waals surface area contributed by atoms with Crippen LogP contribution in [0.25, 0.3) is 0 Å². The van der Waals surface area contributed by atoms with E-state index >= 15 is 0 Å². The van der Waals surface area contributed by atoms with Gasteiger partial charge in [0.05, 0.1) is 0 Å². The fourth-order valence-corrected chi connectivity index (χ4v) is 1.70. The van der Waals surface area contributed by atoms with Crippen molar-refractivity contribution in [1.29, 1.82) is 0 Å². The van der Waals surface area contributed by atoms with Crippen LogP contribution < -0.4 is 10.6 Å². The molecule has 0 aliphatic rings. The van der Waals surface area contributed by atoms with Gasteiger partial charge in [-0.3, -0.25) is 0 Å². The fourth-order valence-electron chi connectivity index (χ4n) is 1.70. The Labute approximate surface area is 107 Å². The molecule has 0 aliphatic carbocycles. The molecule has 2 rings (SSSR count). The summed E-state index contributed by atoms with van der Waals surface area (Å²) in [7, 11) is 3.75. The molecule has 0 saturated carbocycles. The third-order valence-electron chi connectivity index (χ3n) is 2.76. The molecule has 18 heavy (non-hydrogen) atoms. The van der Waals surface area contributed by atoms with Crippen LogP contribution in [0.4, 0.5) is 11.7 Å². The molecule has 5 heteroatoms. The molecule has 1 atom stereocenters. The summed E-state index contributed by atoms with van der Waals surface area (Å²) in [5.74, 6) is 0.852. The van der Waals surface area contributed by atoms with Gasteiger partial charge in [0, 0.05) is 25.7 Å². The maximum absolute atomic E-state index is 5.66. The van der Waals surface area contributed by atoms with Gasteiger partial charge in [-0.1, -0.05) is 24.2 Å². The highest BCUT2D eigenvalue weighted by Crippen LogP contribution is 2.21. The molecule has 0 radical (unpaired) electrons. The normalized spacial score (nSPS) is 12.4. The number of nitrogens with two attached hydrogens (primary N) is 1. The van der Waals surface area contributed by atoms with Crippen molar-refractivity contribution in [3.63, 3.8) is 0 Å². The fraction of sp³-hybridized carbons (Fsp3) is 0.385. The van der Waals surface area contributed by atoms with Crippen LogP contribution in [-0.4, -0.2) is 24.3 Å². The molecule has 1 aromatic carbocycles. The van der Waals surface area contributed by atoms with Crippen LogP contribution in [0.3, 0.4) is 0 Å².